The van der Waals surface area contributed by atoms with E-state index in [1.807, 2.05) is 41.3 Å². The maximum absolute atomic E-state index is 13.0. The van der Waals surface area contributed by atoms with Crippen molar-refractivity contribution in [1.82, 2.24) is 4.90 Å². The fraction of sp³-hybridized carbons (Fsp3) is 0.310. The molecule has 3 aromatic carbocycles. The number of fused-ring (bicyclic) bond motifs is 1. The first-order valence-corrected chi connectivity index (χ1v) is 12.2. The third-order valence-corrected chi connectivity index (χ3v) is 6.69. The molecular weight excluding hydrogens is 454 g/mol. The zero-order valence-electron chi connectivity index (χ0n) is 20.9. The fourth-order valence-corrected chi connectivity index (χ4v) is 4.46. The highest BCUT2D eigenvalue weighted by Gasteiger charge is 2.23. The first-order chi connectivity index (χ1) is 17.3. The lowest BCUT2D eigenvalue weighted by Gasteiger charge is -2.36. The molecule has 1 N–H and O–H groups in total. The van der Waals surface area contributed by atoms with Crippen LogP contribution >= 0.6 is 0 Å². The minimum atomic E-state index is -0.205. The summed E-state index contributed by atoms with van der Waals surface area (Å²) in [6, 6.07) is 20.9. The van der Waals surface area contributed by atoms with E-state index in [9.17, 15) is 9.59 Å². The Morgan fingerprint density at radius 3 is 2.08 bits per heavy atom. The Morgan fingerprint density at radius 2 is 1.42 bits per heavy atom. The van der Waals surface area contributed by atoms with Crippen LogP contribution in [-0.4, -0.2) is 49.7 Å². The number of carbonyl (C=O) groups is 2. The topological polar surface area (TPSA) is 71.1 Å². The van der Waals surface area contributed by atoms with E-state index in [0.29, 0.717) is 35.8 Å². The Balaban J connectivity index is 1.15. The van der Waals surface area contributed by atoms with Gasteiger partial charge in [-0.25, -0.2) is 0 Å². The Morgan fingerprint density at radius 1 is 0.778 bits per heavy atom. The molecule has 0 saturated carbocycles. The van der Waals surface area contributed by atoms with Crippen LogP contribution in [0.3, 0.4) is 0 Å². The van der Waals surface area contributed by atoms with Crippen LogP contribution in [0.25, 0.3) is 0 Å². The summed E-state index contributed by atoms with van der Waals surface area (Å²) < 4.78 is 10.7. The summed E-state index contributed by atoms with van der Waals surface area (Å²) >= 11 is 0. The van der Waals surface area contributed by atoms with Crippen molar-refractivity contribution in [2.24, 2.45) is 0 Å². The molecule has 0 bridgehead atoms. The highest BCUT2D eigenvalue weighted by molar-refractivity contribution is 6.04. The highest BCUT2D eigenvalue weighted by atomic mass is 16.7. The zero-order valence-corrected chi connectivity index (χ0v) is 20.9. The number of amides is 2. The summed E-state index contributed by atoms with van der Waals surface area (Å²) in [6.07, 6.45) is 0. The molecule has 1 saturated heterocycles. The number of anilines is 2. The smallest absolute Gasteiger partial charge is 0.255 e. The van der Waals surface area contributed by atoms with Crippen LogP contribution in [0.2, 0.25) is 0 Å². The van der Waals surface area contributed by atoms with Crippen LogP contribution in [0.15, 0.2) is 66.7 Å². The molecule has 186 valence electrons. The van der Waals surface area contributed by atoms with Crippen LogP contribution < -0.4 is 19.7 Å². The van der Waals surface area contributed by atoms with Gasteiger partial charge in [0.15, 0.2) is 11.5 Å². The van der Waals surface area contributed by atoms with E-state index in [4.69, 9.17) is 9.47 Å². The zero-order chi connectivity index (χ0) is 25.3. The molecule has 0 aliphatic carbocycles. The molecule has 3 aromatic rings. The van der Waals surface area contributed by atoms with Crippen molar-refractivity contribution in [2.75, 3.05) is 43.2 Å². The maximum Gasteiger partial charge on any atom is 0.255 e. The Labute approximate surface area is 211 Å². The molecule has 2 heterocycles. The average molecular weight is 486 g/mol. The summed E-state index contributed by atoms with van der Waals surface area (Å²) in [4.78, 5) is 29.8. The molecule has 7 heteroatoms. The van der Waals surface area contributed by atoms with Gasteiger partial charge in [-0.1, -0.05) is 32.9 Å². The molecule has 7 nitrogen and oxygen atoms in total. The van der Waals surface area contributed by atoms with E-state index < -0.39 is 0 Å². The van der Waals surface area contributed by atoms with Crippen molar-refractivity contribution in [1.29, 1.82) is 0 Å². The van der Waals surface area contributed by atoms with Crippen molar-refractivity contribution in [2.45, 2.75) is 26.2 Å². The molecular formula is C29H31N3O4. The van der Waals surface area contributed by atoms with E-state index in [2.05, 4.69) is 43.1 Å². The molecule has 0 atom stereocenters. The molecule has 0 radical (unpaired) electrons. The number of hydrogen-bond acceptors (Lipinski definition) is 5. The molecule has 0 spiro atoms. The number of benzene rings is 3. The van der Waals surface area contributed by atoms with Gasteiger partial charge in [-0.15, -0.1) is 0 Å². The number of carbonyl (C=O) groups excluding carboxylic acids is 2. The van der Waals surface area contributed by atoms with E-state index in [0.717, 1.165) is 24.3 Å². The Kier molecular flexibility index (Phi) is 6.31. The van der Waals surface area contributed by atoms with Gasteiger partial charge in [0.1, 0.15) is 0 Å². The highest BCUT2D eigenvalue weighted by Crippen LogP contribution is 2.32. The van der Waals surface area contributed by atoms with Gasteiger partial charge >= 0.3 is 0 Å². The third-order valence-electron chi connectivity index (χ3n) is 6.69. The first-order valence-electron chi connectivity index (χ1n) is 12.2. The molecule has 0 unspecified atom stereocenters. The normalized spacial score (nSPS) is 15.1. The van der Waals surface area contributed by atoms with E-state index in [1.165, 1.54) is 5.56 Å². The predicted octanol–water partition coefficient (Wildman–Crippen LogP) is 4.93. The number of nitrogens with zero attached hydrogens (tertiary/aromatic N) is 2. The van der Waals surface area contributed by atoms with Crippen LogP contribution in [0.4, 0.5) is 11.4 Å². The third kappa shape index (κ3) is 5.00. The van der Waals surface area contributed by atoms with Crippen LogP contribution in [0.1, 0.15) is 47.1 Å². The van der Waals surface area contributed by atoms with Crippen molar-refractivity contribution in [3.8, 4) is 11.5 Å². The quantitative estimate of drug-likeness (QED) is 0.568. The molecule has 5 rings (SSSR count). The summed E-state index contributed by atoms with van der Waals surface area (Å²) in [6.45, 7) is 9.54. The van der Waals surface area contributed by atoms with Gasteiger partial charge in [-0.3, -0.25) is 9.59 Å². The lowest BCUT2D eigenvalue weighted by Crippen LogP contribution is -2.48. The van der Waals surface area contributed by atoms with Gasteiger partial charge in [0, 0.05) is 48.7 Å². The number of rotatable bonds is 4. The average Bonchev–Trinajstić information content (AvgIpc) is 3.36. The van der Waals surface area contributed by atoms with Gasteiger partial charge in [-0.05, 0) is 65.6 Å². The molecule has 1 fully saturated rings. The summed E-state index contributed by atoms with van der Waals surface area (Å²) in [5, 5.41) is 2.93. The van der Waals surface area contributed by atoms with Crippen LogP contribution in [0, 0.1) is 0 Å². The maximum atomic E-state index is 13.0. The summed E-state index contributed by atoms with van der Waals surface area (Å²) in [5.74, 6) is 1.11. The van der Waals surface area contributed by atoms with Gasteiger partial charge in [0.05, 0.1) is 0 Å². The van der Waals surface area contributed by atoms with Crippen LogP contribution in [0.5, 0.6) is 11.5 Å². The molecule has 0 aromatic heterocycles. The van der Waals surface area contributed by atoms with E-state index in [-0.39, 0.29) is 24.0 Å². The van der Waals surface area contributed by atoms with Gasteiger partial charge in [-0.2, -0.15) is 0 Å². The summed E-state index contributed by atoms with van der Waals surface area (Å²) in [5.41, 5.74) is 4.32. The number of piperazine rings is 1. The fourth-order valence-electron chi connectivity index (χ4n) is 4.46. The monoisotopic (exact) mass is 485 g/mol. The van der Waals surface area contributed by atoms with E-state index >= 15 is 0 Å². The minimum Gasteiger partial charge on any atom is -0.454 e. The number of hydrogen-bond donors (Lipinski definition) is 1. The van der Waals surface area contributed by atoms with E-state index in [1.54, 1.807) is 18.2 Å². The lowest BCUT2D eigenvalue weighted by atomic mass is 9.86. The van der Waals surface area contributed by atoms with Crippen molar-refractivity contribution in [3.05, 3.63) is 83.4 Å². The molecule has 2 amide bonds. The predicted molar refractivity (Wildman–Crippen MR) is 140 cm³/mol. The van der Waals surface area contributed by atoms with Gasteiger partial charge in [0.25, 0.3) is 11.8 Å². The molecule has 36 heavy (non-hydrogen) atoms. The second-order valence-corrected chi connectivity index (χ2v) is 10.2. The van der Waals surface area contributed by atoms with Crippen molar-refractivity contribution < 1.29 is 19.1 Å². The van der Waals surface area contributed by atoms with Crippen molar-refractivity contribution in [3.63, 3.8) is 0 Å². The SMILES string of the molecule is CC(C)(C)c1ccc(C(=O)N2CCN(c3ccc(NC(=O)c4ccc5c(c4)OCO5)cc3)CC2)cc1. The van der Waals surface area contributed by atoms with Gasteiger partial charge in [0.2, 0.25) is 6.79 Å². The number of nitrogens with one attached hydrogen (secondary N) is 1. The Hall–Kier alpha value is -4.00. The van der Waals surface area contributed by atoms with Gasteiger partial charge < -0.3 is 24.6 Å². The van der Waals surface area contributed by atoms with Crippen molar-refractivity contribution >= 4 is 23.2 Å². The second-order valence-electron chi connectivity index (χ2n) is 10.2. The van der Waals surface area contributed by atoms with Crippen LogP contribution in [-0.2, 0) is 5.41 Å². The largest absolute Gasteiger partial charge is 0.454 e. The first kappa shape index (κ1) is 23.7. The Bertz CT molecular complexity index is 1260. The standard InChI is InChI=1S/C29H31N3O4/c1-29(2,3)22-7-4-20(5-8-22)28(34)32-16-14-31(15-17-32)24-11-9-23(10-12-24)30-27(33)21-6-13-25-26(18-21)36-19-35-25/h4-13,18H,14-17,19H2,1-3H3,(H,30,33). The number of ether oxygens (including phenoxy) is 2. The minimum absolute atomic E-state index is 0.0670. The second kappa shape index (κ2) is 9.57. The lowest BCUT2D eigenvalue weighted by molar-refractivity contribution is 0.0746. The summed E-state index contributed by atoms with van der Waals surface area (Å²) in [7, 11) is 0. The molecule has 2 aliphatic heterocycles. The molecule has 2 aliphatic rings.